The SMILES string of the molecule is [Cl][Hg][Cl].[S-2].[Zn+2]. The third-order valence-corrected chi connectivity index (χ3v) is 0. The average molecular weight is 369 g/mol. The van der Waals surface area contributed by atoms with Crippen LogP contribution in [0.4, 0.5) is 0 Å². The third-order valence-electron chi connectivity index (χ3n) is 0. The predicted molar refractivity (Wildman–Crippen MR) is 19.1 cm³/mol. The van der Waals surface area contributed by atoms with E-state index in [2.05, 4.69) is 0 Å². The van der Waals surface area contributed by atoms with Crippen molar-refractivity contribution < 1.29 is 41.6 Å². The Morgan fingerprint density at radius 1 is 1.20 bits per heavy atom. The Bertz CT molecular complexity index is 9.61. The average Bonchev–Trinajstić information content (AvgIpc) is 0.918. The normalized spacial score (nSPS) is 2.00. The first kappa shape index (κ1) is 15.6. The van der Waals surface area contributed by atoms with Crippen LogP contribution < -0.4 is 0 Å². The largest absolute Gasteiger partial charge is 2.00 e. The van der Waals surface area contributed by atoms with Crippen molar-refractivity contribution in [1.29, 1.82) is 0 Å². The van der Waals surface area contributed by atoms with Crippen LogP contribution in [-0.4, -0.2) is 0 Å². The standard InChI is InChI=1S/2ClH.Hg.S.Zn/h2*1H;;;/q;;+2;-2;+2/p-2. The summed E-state index contributed by atoms with van der Waals surface area (Å²) in [6, 6.07) is 0. The van der Waals surface area contributed by atoms with Gasteiger partial charge in [0.25, 0.3) is 0 Å². The van der Waals surface area contributed by atoms with Gasteiger partial charge in [-0.3, -0.25) is 0 Å². The molecule has 0 atom stereocenters. The number of hydrogen-bond donors (Lipinski definition) is 0. The van der Waals surface area contributed by atoms with Gasteiger partial charge in [-0.15, -0.1) is 0 Å². The van der Waals surface area contributed by atoms with Crippen molar-refractivity contribution in [2.24, 2.45) is 0 Å². The molecule has 0 rings (SSSR count). The molecule has 5 heavy (non-hydrogen) atoms. The summed E-state index contributed by atoms with van der Waals surface area (Å²) < 4.78 is 0. The molecule has 0 nitrogen and oxygen atoms in total. The zero-order valence-electron chi connectivity index (χ0n) is 2.58. The van der Waals surface area contributed by atoms with E-state index in [0.29, 0.717) is 0 Å². The summed E-state index contributed by atoms with van der Waals surface area (Å²) in [6.07, 6.45) is 0. The molecule has 0 saturated heterocycles. The zero-order valence-corrected chi connectivity index (χ0v) is 13.4. The summed E-state index contributed by atoms with van der Waals surface area (Å²) in [4.78, 5) is 0. The maximum absolute atomic E-state index is 4.99. The smallest absolute Gasteiger partial charge is 2.00 e. The Hall–Kier alpha value is 2.49. The van der Waals surface area contributed by atoms with E-state index in [1.165, 1.54) is 0 Å². The van der Waals surface area contributed by atoms with Gasteiger partial charge in [-0.25, -0.2) is 0 Å². The van der Waals surface area contributed by atoms with Crippen LogP contribution in [0.5, 0.6) is 0 Å². The zero-order chi connectivity index (χ0) is 2.71. The molecule has 0 aliphatic rings. The first-order chi connectivity index (χ1) is 1.41. The van der Waals surface area contributed by atoms with Gasteiger partial charge in [-0.1, -0.05) is 0 Å². The van der Waals surface area contributed by atoms with E-state index in [9.17, 15) is 0 Å². The van der Waals surface area contributed by atoms with Crippen LogP contribution in [-0.2, 0) is 55.1 Å². The van der Waals surface area contributed by atoms with Gasteiger partial charge in [0.15, 0.2) is 0 Å². The van der Waals surface area contributed by atoms with Crippen LogP contribution in [0.25, 0.3) is 0 Å². The van der Waals surface area contributed by atoms with E-state index in [1.807, 2.05) is 0 Å². The maximum Gasteiger partial charge on any atom is 2.00 e. The van der Waals surface area contributed by atoms with Crippen LogP contribution in [0.2, 0.25) is 0 Å². The minimum absolute atomic E-state index is 0. The molecule has 0 N–H and O–H groups in total. The van der Waals surface area contributed by atoms with Gasteiger partial charge in [0.2, 0.25) is 0 Å². The molecule has 0 aliphatic carbocycles. The van der Waals surface area contributed by atoms with Gasteiger partial charge in [0.1, 0.15) is 0 Å². The minimum Gasteiger partial charge on any atom is -2.00 e. The Morgan fingerprint density at radius 3 is 1.20 bits per heavy atom. The second kappa shape index (κ2) is 16.1. The Labute approximate surface area is 70.5 Å². The summed E-state index contributed by atoms with van der Waals surface area (Å²) in [7, 11) is 9.97. The van der Waals surface area contributed by atoms with Crippen molar-refractivity contribution in [3.8, 4) is 0 Å². The summed E-state index contributed by atoms with van der Waals surface area (Å²) >= 11 is -1.14. The van der Waals surface area contributed by atoms with Gasteiger partial charge in [-0.2, -0.15) is 0 Å². The van der Waals surface area contributed by atoms with Crippen LogP contribution in [0.3, 0.4) is 0 Å². The van der Waals surface area contributed by atoms with Gasteiger partial charge >= 0.3 is 58.1 Å². The van der Waals surface area contributed by atoms with Gasteiger partial charge in [-0.05, 0) is 0 Å². The number of halogens is 2. The topological polar surface area (TPSA) is 0 Å². The van der Waals surface area contributed by atoms with E-state index >= 15 is 0 Å². The van der Waals surface area contributed by atoms with E-state index in [4.69, 9.17) is 16.5 Å². The van der Waals surface area contributed by atoms with Gasteiger partial charge in [0, 0.05) is 0 Å². The summed E-state index contributed by atoms with van der Waals surface area (Å²) in [5.41, 5.74) is 0. The summed E-state index contributed by atoms with van der Waals surface area (Å²) in [5.74, 6) is 0. The van der Waals surface area contributed by atoms with Gasteiger partial charge < -0.3 is 13.5 Å². The van der Waals surface area contributed by atoms with Crippen LogP contribution in [0.1, 0.15) is 0 Å². The summed E-state index contributed by atoms with van der Waals surface area (Å²) in [6.45, 7) is 0. The van der Waals surface area contributed by atoms with Crippen LogP contribution >= 0.6 is 16.5 Å². The van der Waals surface area contributed by atoms with E-state index in [1.54, 1.807) is 0 Å². The molecule has 0 bridgehead atoms. The molecule has 0 heterocycles. The first-order valence-corrected chi connectivity index (χ1v) is 14.1. The van der Waals surface area contributed by atoms with Crippen LogP contribution in [0.15, 0.2) is 0 Å². The fourth-order valence-electron chi connectivity index (χ4n) is 0. The molecule has 0 amide bonds. The van der Waals surface area contributed by atoms with Crippen molar-refractivity contribution in [1.82, 2.24) is 0 Å². The Balaban J connectivity index is -0.0000000200. The minimum atomic E-state index is -1.14. The molecule has 0 aromatic rings. The number of hydrogen-bond acceptors (Lipinski definition) is 0. The fourth-order valence-corrected chi connectivity index (χ4v) is 0. The van der Waals surface area contributed by atoms with Crippen molar-refractivity contribution in [3.05, 3.63) is 0 Å². The van der Waals surface area contributed by atoms with Crippen molar-refractivity contribution in [3.63, 3.8) is 0 Å². The molecule has 0 unspecified atom stereocenters. The Kier molecular flexibility index (Phi) is 50.3. The molecule has 0 aromatic carbocycles. The second-order valence-corrected chi connectivity index (χ2v) is 7.98. The number of rotatable bonds is 0. The Morgan fingerprint density at radius 2 is 1.20 bits per heavy atom. The quantitative estimate of drug-likeness (QED) is 0.567. The molecule has 0 aromatic heterocycles. The second-order valence-electron chi connectivity index (χ2n) is 0.101. The fraction of sp³-hybridized carbons (Fsp3) is 0. The summed E-state index contributed by atoms with van der Waals surface area (Å²) in [5, 5.41) is 0. The first-order valence-electron chi connectivity index (χ1n) is 0.535. The molecule has 0 spiro atoms. The molecule has 0 fully saturated rings. The van der Waals surface area contributed by atoms with E-state index < -0.39 is 22.1 Å². The maximum atomic E-state index is 4.99. The van der Waals surface area contributed by atoms with Crippen molar-refractivity contribution >= 4 is 30.0 Å². The van der Waals surface area contributed by atoms with Crippen molar-refractivity contribution in [2.45, 2.75) is 0 Å². The van der Waals surface area contributed by atoms with E-state index in [-0.39, 0.29) is 33.0 Å². The van der Waals surface area contributed by atoms with Crippen LogP contribution in [0, 0.1) is 0 Å². The van der Waals surface area contributed by atoms with E-state index in [0.717, 1.165) is 0 Å². The molecule has 0 saturated carbocycles. The third kappa shape index (κ3) is 21.1. The monoisotopic (exact) mass is 368 g/mol. The molecule has 0 radical (unpaired) electrons. The molecule has 0 aliphatic heterocycles. The molecule has 5 heteroatoms. The predicted octanol–water partition coefficient (Wildman–Crippen LogP) is 1.37. The van der Waals surface area contributed by atoms with Gasteiger partial charge in [0.05, 0.1) is 0 Å². The molecular weight excluding hydrogens is 369 g/mol. The molecule has 24 valence electrons. The van der Waals surface area contributed by atoms with Crippen molar-refractivity contribution in [2.75, 3.05) is 0 Å². The molecular formula is Cl2HgSZn.